The number of carbonyl (C=O) groups is 2. The van der Waals surface area contributed by atoms with Crippen molar-refractivity contribution in [1.82, 2.24) is 9.80 Å². The van der Waals surface area contributed by atoms with E-state index >= 15 is 0 Å². The molecule has 2 saturated heterocycles. The third-order valence-corrected chi connectivity index (χ3v) is 6.99. The van der Waals surface area contributed by atoms with Crippen LogP contribution >= 0.6 is 15.9 Å². The number of amides is 1. The van der Waals surface area contributed by atoms with E-state index in [-0.39, 0.29) is 11.3 Å². The summed E-state index contributed by atoms with van der Waals surface area (Å²) in [5, 5.41) is 11.3. The number of aliphatic hydroxyl groups is 1. The molecule has 0 bridgehead atoms. The second-order valence-corrected chi connectivity index (χ2v) is 9.63. The maximum absolute atomic E-state index is 13.2. The third kappa shape index (κ3) is 4.94. The molecule has 5 rings (SSSR count). The lowest BCUT2D eigenvalue weighted by atomic mass is 9.95. The highest BCUT2D eigenvalue weighted by molar-refractivity contribution is 9.10. The molecule has 184 valence electrons. The molecule has 8 nitrogen and oxygen atoms in total. The first-order valence-electron chi connectivity index (χ1n) is 11.8. The normalized spacial score (nSPS) is 22.0. The highest BCUT2D eigenvalue weighted by Crippen LogP contribution is 2.41. The lowest BCUT2D eigenvalue weighted by molar-refractivity contribution is -0.140. The van der Waals surface area contributed by atoms with Crippen LogP contribution in [0.15, 0.2) is 52.5 Å². The van der Waals surface area contributed by atoms with Crippen LogP contribution in [0.25, 0.3) is 5.76 Å². The summed E-state index contributed by atoms with van der Waals surface area (Å²) < 4.78 is 17.4. The zero-order valence-corrected chi connectivity index (χ0v) is 20.8. The van der Waals surface area contributed by atoms with Crippen molar-refractivity contribution in [3.05, 3.63) is 63.6 Å². The molecule has 1 N–H and O–H groups in total. The van der Waals surface area contributed by atoms with E-state index in [9.17, 15) is 14.7 Å². The van der Waals surface area contributed by atoms with Gasteiger partial charge in [-0.2, -0.15) is 0 Å². The van der Waals surface area contributed by atoms with Crippen LogP contribution in [-0.4, -0.2) is 79.2 Å². The molecule has 0 radical (unpaired) electrons. The molecule has 0 aromatic heterocycles. The Kier molecular flexibility index (Phi) is 7.08. The van der Waals surface area contributed by atoms with Gasteiger partial charge in [0.15, 0.2) is 11.5 Å². The Morgan fingerprint density at radius 1 is 0.971 bits per heavy atom. The van der Waals surface area contributed by atoms with E-state index in [0.29, 0.717) is 56.5 Å². The summed E-state index contributed by atoms with van der Waals surface area (Å²) in [6, 6.07) is 11.8. The fourth-order valence-electron chi connectivity index (χ4n) is 4.77. The topological polar surface area (TPSA) is 88.5 Å². The smallest absolute Gasteiger partial charge is 0.295 e. The zero-order valence-electron chi connectivity index (χ0n) is 19.2. The van der Waals surface area contributed by atoms with Crippen molar-refractivity contribution < 1.29 is 28.9 Å². The van der Waals surface area contributed by atoms with E-state index in [0.717, 1.165) is 29.7 Å². The highest BCUT2D eigenvalue weighted by Gasteiger charge is 2.46. The van der Waals surface area contributed by atoms with Gasteiger partial charge in [0.05, 0.1) is 24.8 Å². The summed E-state index contributed by atoms with van der Waals surface area (Å²) >= 11 is 3.49. The number of carbonyl (C=O) groups excluding carboxylic acids is 2. The number of likely N-dealkylation sites (tertiary alicyclic amines) is 1. The number of benzene rings is 2. The van der Waals surface area contributed by atoms with Gasteiger partial charge in [0.25, 0.3) is 11.7 Å². The maximum atomic E-state index is 13.2. The summed E-state index contributed by atoms with van der Waals surface area (Å²) in [7, 11) is 0. The molecule has 0 spiro atoms. The number of morpholine rings is 1. The van der Waals surface area contributed by atoms with E-state index in [1.807, 2.05) is 24.3 Å². The number of hydrogen-bond donors (Lipinski definition) is 1. The Morgan fingerprint density at radius 3 is 2.51 bits per heavy atom. The number of rotatable bonds is 6. The first kappa shape index (κ1) is 23.8. The van der Waals surface area contributed by atoms with E-state index < -0.39 is 17.7 Å². The summed E-state index contributed by atoms with van der Waals surface area (Å²) in [5.41, 5.74) is 1.24. The number of halogens is 1. The van der Waals surface area contributed by atoms with E-state index in [2.05, 4.69) is 20.8 Å². The van der Waals surface area contributed by atoms with Gasteiger partial charge >= 0.3 is 0 Å². The fraction of sp³-hybridized carbons (Fsp3) is 0.385. The molecule has 35 heavy (non-hydrogen) atoms. The Morgan fingerprint density at radius 2 is 1.74 bits per heavy atom. The SMILES string of the molecule is O=C1C(=O)N(CCCN2CCOCC2)[C@@H](c2cccc(Br)c2)C1=C(O)c1ccc2c(c1)OCCO2. The predicted octanol–water partition coefficient (Wildman–Crippen LogP) is 3.36. The molecule has 3 heterocycles. The molecule has 2 aromatic carbocycles. The van der Waals surface area contributed by atoms with Crippen LogP contribution in [0.3, 0.4) is 0 Å². The van der Waals surface area contributed by atoms with Gasteiger partial charge in [0, 0.05) is 36.2 Å². The molecule has 2 fully saturated rings. The van der Waals surface area contributed by atoms with Crippen molar-refractivity contribution in [2.45, 2.75) is 12.5 Å². The molecule has 2 aromatic rings. The van der Waals surface area contributed by atoms with Crippen LogP contribution in [0.1, 0.15) is 23.6 Å². The Labute approximate surface area is 212 Å². The number of hydrogen-bond acceptors (Lipinski definition) is 7. The van der Waals surface area contributed by atoms with Crippen LogP contribution in [0.4, 0.5) is 0 Å². The van der Waals surface area contributed by atoms with Crippen molar-refractivity contribution in [3.8, 4) is 11.5 Å². The van der Waals surface area contributed by atoms with Gasteiger partial charge in [-0.15, -0.1) is 0 Å². The monoisotopic (exact) mass is 542 g/mol. The van der Waals surface area contributed by atoms with Gasteiger partial charge in [0.2, 0.25) is 0 Å². The van der Waals surface area contributed by atoms with Crippen molar-refractivity contribution >= 4 is 33.4 Å². The summed E-state index contributed by atoms with van der Waals surface area (Å²) in [6.45, 7) is 5.20. The number of fused-ring (bicyclic) bond motifs is 1. The molecule has 3 aliphatic heterocycles. The van der Waals surface area contributed by atoms with Gasteiger partial charge in [-0.25, -0.2) is 0 Å². The Hall–Kier alpha value is -2.88. The highest BCUT2D eigenvalue weighted by atomic mass is 79.9. The van der Waals surface area contributed by atoms with Gasteiger partial charge in [0.1, 0.15) is 19.0 Å². The summed E-state index contributed by atoms with van der Waals surface area (Å²) in [6.07, 6.45) is 0.710. The lowest BCUT2D eigenvalue weighted by Crippen LogP contribution is -2.38. The second-order valence-electron chi connectivity index (χ2n) is 8.71. The molecule has 9 heteroatoms. The Bertz CT molecular complexity index is 1160. The van der Waals surface area contributed by atoms with E-state index in [1.165, 1.54) is 0 Å². The number of ether oxygens (including phenoxy) is 3. The quantitative estimate of drug-likeness (QED) is 0.340. The fourth-order valence-corrected chi connectivity index (χ4v) is 5.19. The van der Waals surface area contributed by atoms with Gasteiger partial charge in [-0.05, 0) is 42.3 Å². The third-order valence-electron chi connectivity index (χ3n) is 6.50. The Balaban J connectivity index is 1.48. The average molecular weight is 543 g/mol. The van der Waals surface area contributed by atoms with Crippen molar-refractivity contribution in [2.75, 3.05) is 52.6 Å². The van der Waals surface area contributed by atoms with E-state index in [4.69, 9.17) is 14.2 Å². The zero-order chi connectivity index (χ0) is 24.4. The minimum atomic E-state index is -0.689. The molecule has 1 amide bonds. The van der Waals surface area contributed by atoms with Crippen LogP contribution in [0.5, 0.6) is 11.5 Å². The van der Waals surface area contributed by atoms with E-state index in [1.54, 1.807) is 23.1 Å². The number of Topliss-reactive ketones (excluding diaryl/α,β-unsaturated/α-hetero) is 1. The summed E-state index contributed by atoms with van der Waals surface area (Å²) in [4.78, 5) is 30.3. The lowest BCUT2D eigenvalue weighted by Gasteiger charge is -2.29. The minimum absolute atomic E-state index is 0.0798. The standard InChI is InChI=1S/C26H27BrN2O6/c27-19-4-1-3-17(15-19)23-22(24(30)18-5-6-20-21(16-18)35-14-13-34-20)25(31)26(32)29(23)8-2-7-28-9-11-33-12-10-28/h1,3-6,15-16,23,30H,2,7-14H2/t23-/m0/s1. The predicted molar refractivity (Wildman–Crippen MR) is 132 cm³/mol. The molecule has 0 saturated carbocycles. The molecule has 0 aliphatic carbocycles. The van der Waals surface area contributed by atoms with Crippen molar-refractivity contribution in [1.29, 1.82) is 0 Å². The number of aliphatic hydroxyl groups excluding tert-OH is 1. The van der Waals surface area contributed by atoms with Gasteiger partial charge < -0.3 is 24.2 Å². The largest absolute Gasteiger partial charge is 0.507 e. The van der Waals surface area contributed by atoms with Crippen LogP contribution in [-0.2, 0) is 14.3 Å². The molecular weight excluding hydrogens is 516 g/mol. The minimum Gasteiger partial charge on any atom is -0.507 e. The van der Waals surface area contributed by atoms with Gasteiger partial charge in [-0.3, -0.25) is 14.5 Å². The van der Waals surface area contributed by atoms with Gasteiger partial charge in [-0.1, -0.05) is 28.1 Å². The number of ketones is 1. The molecule has 0 unspecified atom stereocenters. The maximum Gasteiger partial charge on any atom is 0.295 e. The second kappa shape index (κ2) is 10.4. The van der Waals surface area contributed by atoms with Crippen molar-refractivity contribution in [2.24, 2.45) is 0 Å². The first-order valence-corrected chi connectivity index (χ1v) is 12.6. The molecule has 1 atom stereocenters. The first-order chi connectivity index (χ1) is 17.0. The van der Waals surface area contributed by atoms with Crippen molar-refractivity contribution in [3.63, 3.8) is 0 Å². The van der Waals surface area contributed by atoms with Crippen LogP contribution in [0.2, 0.25) is 0 Å². The average Bonchev–Trinajstić information content (AvgIpc) is 3.13. The van der Waals surface area contributed by atoms with Crippen LogP contribution in [0, 0.1) is 0 Å². The molecule has 3 aliphatic rings. The van der Waals surface area contributed by atoms with Crippen LogP contribution < -0.4 is 9.47 Å². The summed E-state index contributed by atoms with van der Waals surface area (Å²) in [5.74, 6) is -0.426. The molecular formula is C26H27BrN2O6. The number of nitrogens with zero attached hydrogens (tertiary/aromatic N) is 2.